The fourth-order valence-electron chi connectivity index (χ4n) is 5.31. The zero-order valence-electron chi connectivity index (χ0n) is 19.2. The highest BCUT2D eigenvalue weighted by Crippen LogP contribution is 2.36. The van der Waals surface area contributed by atoms with Crippen molar-refractivity contribution in [2.45, 2.75) is 58.4 Å². The average Bonchev–Trinajstić information content (AvgIpc) is 3.08. The number of allylic oxidation sites excluding steroid dienone is 2. The molecule has 2 heterocycles. The van der Waals surface area contributed by atoms with Gasteiger partial charge in [-0.1, -0.05) is 24.3 Å². The van der Waals surface area contributed by atoms with Gasteiger partial charge in [-0.05, 0) is 76.0 Å². The Hall–Kier alpha value is -2.63. The maximum absolute atomic E-state index is 13.1. The van der Waals surface area contributed by atoms with Gasteiger partial charge in [-0.15, -0.1) is 0 Å². The molecule has 2 fully saturated rings. The summed E-state index contributed by atoms with van der Waals surface area (Å²) < 4.78 is 5.50. The van der Waals surface area contributed by atoms with Gasteiger partial charge in [-0.2, -0.15) is 0 Å². The molecule has 1 aliphatic carbocycles. The lowest BCUT2D eigenvalue weighted by atomic mass is 9.85. The van der Waals surface area contributed by atoms with Crippen LogP contribution in [0.1, 0.15) is 51.5 Å². The van der Waals surface area contributed by atoms with E-state index in [1.807, 2.05) is 36.1 Å². The van der Waals surface area contributed by atoms with Crippen LogP contribution in [-0.2, 0) is 20.8 Å². The van der Waals surface area contributed by atoms with Gasteiger partial charge in [0.05, 0.1) is 18.4 Å². The first-order chi connectivity index (χ1) is 15.5. The van der Waals surface area contributed by atoms with E-state index in [9.17, 15) is 14.4 Å². The van der Waals surface area contributed by atoms with E-state index in [0.29, 0.717) is 38.5 Å². The molecule has 3 atom stereocenters. The molecule has 4 rings (SSSR count). The van der Waals surface area contributed by atoms with Crippen LogP contribution in [0.4, 0.5) is 0 Å². The number of likely N-dealkylation sites (tertiary alicyclic amines) is 2. The minimum absolute atomic E-state index is 0.0942. The first-order valence-corrected chi connectivity index (χ1v) is 12.0. The molecule has 1 aromatic carbocycles. The van der Waals surface area contributed by atoms with Crippen LogP contribution in [0.2, 0.25) is 0 Å². The van der Waals surface area contributed by atoms with Crippen molar-refractivity contribution in [3.05, 3.63) is 42.0 Å². The van der Waals surface area contributed by atoms with Crippen molar-refractivity contribution in [3.8, 4) is 5.75 Å². The van der Waals surface area contributed by atoms with Crippen LogP contribution < -0.4 is 4.74 Å². The van der Waals surface area contributed by atoms with Crippen LogP contribution in [0, 0.1) is 17.8 Å². The van der Waals surface area contributed by atoms with Crippen LogP contribution in [-0.4, -0.2) is 53.3 Å². The molecule has 6 nitrogen and oxygen atoms in total. The van der Waals surface area contributed by atoms with Gasteiger partial charge in [0, 0.05) is 13.1 Å². The first kappa shape index (κ1) is 22.6. The van der Waals surface area contributed by atoms with Crippen molar-refractivity contribution in [1.29, 1.82) is 0 Å². The van der Waals surface area contributed by atoms with Crippen LogP contribution in [0.15, 0.2) is 36.4 Å². The van der Waals surface area contributed by atoms with Gasteiger partial charge in [0.1, 0.15) is 11.8 Å². The number of aryl methyl sites for hydroxylation is 1. The summed E-state index contributed by atoms with van der Waals surface area (Å²) in [6, 6.07) is 7.59. The van der Waals surface area contributed by atoms with E-state index in [0.717, 1.165) is 31.4 Å². The van der Waals surface area contributed by atoms with Crippen molar-refractivity contribution < 1.29 is 19.1 Å². The number of hydrogen-bond acceptors (Lipinski definition) is 4. The molecule has 6 heteroatoms. The van der Waals surface area contributed by atoms with Crippen molar-refractivity contribution in [3.63, 3.8) is 0 Å². The third-order valence-corrected chi connectivity index (χ3v) is 7.29. The third kappa shape index (κ3) is 4.59. The van der Waals surface area contributed by atoms with E-state index >= 15 is 0 Å². The molecular weight excluding hydrogens is 404 g/mol. The summed E-state index contributed by atoms with van der Waals surface area (Å²) in [6.07, 6.45) is 9.21. The van der Waals surface area contributed by atoms with Crippen molar-refractivity contribution >= 4 is 17.7 Å². The van der Waals surface area contributed by atoms with E-state index in [2.05, 4.69) is 12.1 Å². The molecule has 0 N–H and O–H groups in total. The SMILES string of the molecule is CCOc1ccc(CCC2CCN(C(=O)[C@H](C)N3C(=O)[C@H]4CC=CC[C@@H]4C3=O)CC2)cc1. The monoisotopic (exact) mass is 438 g/mol. The summed E-state index contributed by atoms with van der Waals surface area (Å²) in [5.41, 5.74) is 1.31. The Morgan fingerprint density at radius 1 is 1.03 bits per heavy atom. The molecule has 0 bridgehead atoms. The molecule has 172 valence electrons. The molecule has 1 aromatic rings. The molecule has 0 spiro atoms. The predicted molar refractivity (Wildman–Crippen MR) is 122 cm³/mol. The molecule has 3 amide bonds. The molecule has 2 saturated heterocycles. The van der Waals surface area contributed by atoms with Gasteiger partial charge in [0.2, 0.25) is 17.7 Å². The molecule has 2 aliphatic heterocycles. The molecule has 0 saturated carbocycles. The highest BCUT2D eigenvalue weighted by Gasteiger charge is 2.50. The maximum Gasteiger partial charge on any atom is 0.245 e. The van der Waals surface area contributed by atoms with E-state index in [1.54, 1.807) is 6.92 Å². The number of ether oxygens (including phenoxy) is 1. The molecule has 0 aromatic heterocycles. The summed E-state index contributed by atoms with van der Waals surface area (Å²) in [5.74, 6) is 0.494. The zero-order valence-corrected chi connectivity index (χ0v) is 19.2. The minimum Gasteiger partial charge on any atom is -0.494 e. The number of rotatable bonds is 7. The second-order valence-corrected chi connectivity index (χ2v) is 9.26. The van der Waals surface area contributed by atoms with Crippen LogP contribution in [0.25, 0.3) is 0 Å². The smallest absolute Gasteiger partial charge is 0.245 e. The Morgan fingerprint density at radius 3 is 2.19 bits per heavy atom. The first-order valence-electron chi connectivity index (χ1n) is 12.0. The fraction of sp³-hybridized carbons (Fsp3) is 0.577. The van der Waals surface area contributed by atoms with Crippen LogP contribution in [0.3, 0.4) is 0 Å². The topological polar surface area (TPSA) is 66.9 Å². The second kappa shape index (κ2) is 9.88. The van der Waals surface area contributed by atoms with Gasteiger partial charge in [-0.25, -0.2) is 0 Å². The van der Waals surface area contributed by atoms with E-state index in [1.165, 1.54) is 10.5 Å². The summed E-state index contributed by atoms with van der Waals surface area (Å²) in [6.45, 7) is 5.76. The maximum atomic E-state index is 13.1. The Morgan fingerprint density at radius 2 is 1.62 bits per heavy atom. The number of carbonyl (C=O) groups is 3. The number of nitrogens with zero attached hydrogens (tertiary/aromatic N) is 2. The second-order valence-electron chi connectivity index (χ2n) is 9.26. The summed E-state index contributed by atoms with van der Waals surface area (Å²) >= 11 is 0. The van der Waals surface area contributed by atoms with Gasteiger partial charge < -0.3 is 9.64 Å². The van der Waals surface area contributed by atoms with Crippen LogP contribution in [0.5, 0.6) is 5.75 Å². The van der Waals surface area contributed by atoms with Crippen molar-refractivity contribution in [2.24, 2.45) is 17.8 Å². The quantitative estimate of drug-likeness (QED) is 0.482. The Bertz CT molecular complexity index is 844. The van der Waals surface area contributed by atoms with Gasteiger partial charge >= 0.3 is 0 Å². The van der Waals surface area contributed by atoms with E-state index in [-0.39, 0.29) is 29.6 Å². The number of amides is 3. The lowest BCUT2D eigenvalue weighted by Gasteiger charge is -2.35. The minimum atomic E-state index is -0.707. The standard InChI is InChI=1S/C26H34N2O4/c1-3-32-21-12-10-19(11-13-21)8-9-20-14-16-27(17-15-20)24(29)18(2)28-25(30)22-6-4-5-7-23(22)26(28)31/h4-5,10-13,18,20,22-23H,3,6-9,14-17H2,1-2H3/t18-,22-,23-/m0/s1. The number of imide groups is 1. The van der Waals surface area contributed by atoms with Crippen molar-refractivity contribution in [2.75, 3.05) is 19.7 Å². The highest BCUT2D eigenvalue weighted by molar-refractivity contribution is 6.08. The van der Waals surface area contributed by atoms with Gasteiger partial charge in [-0.3, -0.25) is 19.3 Å². The zero-order chi connectivity index (χ0) is 22.7. The average molecular weight is 439 g/mol. The number of benzene rings is 1. The Balaban J connectivity index is 1.26. The normalized spacial score (nSPS) is 24.6. The molecule has 0 radical (unpaired) electrons. The molecule has 0 unspecified atom stereocenters. The van der Waals surface area contributed by atoms with Gasteiger partial charge in [0.25, 0.3) is 0 Å². The molecular formula is C26H34N2O4. The number of carbonyl (C=O) groups excluding carboxylic acids is 3. The largest absolute Gasteiger partial charge is 0.494 e. The molecule has 32 heavy (non-hydrogen) atoms. The lowest BCUT2D eigenvalue weighted by Crippen LogP contribution is -2.51. The number of piperidine rings is 1. The fourth-order valence-corrected chi connectivity index (χ4v) is 5.31. The van der Waals surface area contributed by atoms with E-state index < -0.39 is 6.04 Å². The summed E-state index contributed by atoms with van der Waals surface area (Å²) in [4.78, 5) is 41.8. The third-order valence-electron chi connectivity index (χ3n) is 7.29. The Labute approximate surface area is 190 Å². The highest BCUT2D eigenvalue weighted by atomic mass is 16.5. The van der Waals surface area contributed by atoms with Crippen molar-refractivity contribution in [1.82, 2.24) is 9.80 Å². The van der Waals surface area contributed by atoms with Crippen LogP contribution >= 0.6 is 0 Å². The molecule has 3 aliphatic rings. The number of hydrogen-bond donors (Lipinski definition) is 0. The predicted octanol–water partition coefficient (Wildman–Crippen LogP) is 3.60. The summed E-state index contributed by atoms with van der Waals surface area (Å²) in [5, 5.41) is 0. The van der Waals surface area contributed by atoms with E-state index in [4.69, 9.17) is 4.74 Å². The summed E-state index contributed by atoms with van der Waals surface area (Å²) in [7, 11) is 0. The van der Waals surface area contributed by atoms with Gasteiger partial charge in [0.15, 0.2) is 0 Å². The lowest BCUT2D eigenvalue weighted by molar-refractivity contribution is -0.151. The Kier molecular flexibility index (Phi) is 6.97. The number of fused-ring (bicyclic) bond motifs is 1.